The van der Waals surface area contributed by atoms with E-state index in [9.17, 15) is 0 Å². The fraction of sp³-hybridized carbons (Fsp3) is 0.750. The van der Waals surface area contributed by atoms with E-state index < -0.39 is 0 Å². The Morgan fingerprint density at radius 3 is 2.67 bits per heavy atom. The van der Waals surface area contributed by atoms with Crippen molar-refractivity contribution in [3.63, 3.8) is 0 Å². The molecule has 2 nitrogen and oxygen atoms in total. The lowest BCUT2D eigenvalue weighted by Gasteiger charge is -2.22. The number of nitrogens with zero attached hydrogens (tertiary/aromatic N) is 1. The van der Waals surface area contributed by atoms with Crippen LogP contribution in [-0.4, -0.2) is 11.5 Å². The predicted octanol–water partition coefficient (Wildman–Crippen LogP) is 3.62. The lowest BCUT2D eigenvalue weighted by atomic mass is 9.88. The zero-order valence-electron chi connectivity index (χ0n) is 10.2. The Morgan fingerprint density at radius 1 is 1.47 bits per heavy atom. The Kier molecular flexibility index (Phi) is 4.74. The third-order valence-electron chi connectivity index (χ3n) is 2.43. The van der Waals surface area contributed by atoms with Gasteiger partial charge in [0.1, 0.15) is 0 Å². The van der Waals surface area contributed by atoms with Gasteiger partial charge in [0, 0.05) is 17.1 Å². The molecule has 0 spiro atoms. The fourth-order valence-corrected chi connectivity index (χ4v) is 2.30. The van der Waals surface area contributed by atoms with Gasteiger partial charge < -0.3 is 5.32 Å². The number of nitrogens with one attached hydrogen (secondary N) is 1. The molecule has 3 heteroatoms. The highest BCUT2D eigenvalue weighted by Crippen LogP contribution is 2.28. The van der Waals surface area contributed by atoms with Crippen molar-refractivity contribution in [2.75, 3.05) is 6.54 Å². The molecule has 0 saturated carbocycles. The van der Waals surface area contributed by atoms with Crippen molar-refractivity contribution in [3.05, 3.63) is 16.6 Å². The second-order valence-corrected chi connectivity index (χ2v) is 6.03. The van der Waals surface area contributed by atoms with Crippen LogP contribution in [0, 0.1) is 5.41 Å². The zero-order chi connectivity index (χ0) is 11.3. The predicted molar refractivity (Wildman–Crippen MR) is 67.2 cm³/mol. The minimum absolute atomic E-state index is 0.415. The van der Waals surface area contributed by atoms with Crippen LogP contribution in [0.25, 0.3) is 0 Å². The van der Waals surface area contributed by atoms with Crippen LogP contribution in [0.5, 0.6) is 0 Å². The zero-order valence-corrected chi connectivity index (χ0v) is 11.0. The maximum Gasteiger partial charge on any atom is 0.0794 e. The lowest BCUT2D eigenvalue weighted by Crippen LogP contribution is -2.21. The van der Waals surface area contributed by atoms with E-state index in [1.807, 2.05) is 11.7 Å². The maximum absolute atomic E-state index is 4.15. The molecule has 0 bridgehead atoms. The van der Waals surface area contributed by atoms with E-state index in [4.69, 9.17) is 0 Å². The quantitative estimate of drug-likeness (QED) is 0.829. The molecular weight excluding hydrogens is 204 g/mol. The number of rotatable bonds is 5. The summed E-state index contributed by atoms with van der Waals surface area (Å²) in [6, 6.07) is 0.488. The highest BCUT2D eigenvalue weighted by atomic mass is 32.1. The Labute approximate surface area is 97.1 Å². The maximum atomic E-state index is 4.15. The molecule has 1 heterocycles. The summed E-state index contributed by atoms with van der Waals surface area (Å²) in [5, 5.41) is 3.53. The Morgan fingerprint density at radius 2 is 2.20 bits per heavy atom. The summed E-state index contributed by atoms with van der Waals surface area (Å²) < 4.78 is 0. The monoisotopic (exact) mass is 226 g/mol. The number of aromatic nitrogens is 1. The average Bonchev–Trinajstić information content (AvgIpc) is 2.63. The molecule has 0 aromatic carbocycles. The lowest BCUT2D eigenvalue weighted by molar-refractivity contribution is 0.335. The van der Waals surface area contributed by atoms with Crippen molar-refractivity contribution in [1.82, 2.24) is 10.3 Å². The van der Waals surface area contributed by atoms with Gasteiger partial charge in [0.05, 0.1) is 5.51 Å². The van der Waals surface area contributed by atoms with Gasteiger partial charge in [-0.2, -0.15) is 0 Å². The first-order chi connectivity index (χ1) is 7.03. The molecule has 1 atom stereocenters. The van der Waals surface area contributed by atoms with E-state index in [2.05, 4.69) is 38.0 Å². The summed E-state index contributed by atoms with van der Waals surface area (Å²) >= 11 is 1.75. The van der Waals surface area contributed by atoms with Crippen LogP contribution >= 0.6 is 11.3 Å². The van der Waals surface area contributed by atoms with Crippen LogP contribution in [0.2, 0.25) is 0 Å². The molecule has 1 N–H and O–H groups in total. The summed E-state index contributed by atoms with van der Waals surface area (Å²) in [6.07, 6.45) is 4.42. The van der Waals surface area contributed by atoms with Gasteiger partial charge >= 0.3 is 0 Å². The van der Waals surface area contributed by atoms with E-state index in [0.29, 0.717) is 11.5 Å². The van der Waals surface area contributed by atoms with Crippen molar-refractivity contribution in [2.45, 2.75) is 46.6 Å². The molecule has 1 rings (SSSR count). The first-order valence-corrected chi connectivity index (χ1v) is 6.52. The van der Waals surface area contributed by atoms with Crippen LogP contribution < -0.4 is 5.32 Å². The molecular formula is C12H22N2S. The molecule has 1 aromatic heterocycles. The SMILES string of the molecule is CCNC(CCC(C)(C)C)c1cncs1. The molecule has 0 aliphatic rings. The van der Waals surface area contributed by atoms with Crippen molar-refractivity contribution in [3.8, 4) is 0 Å². The van der Waals surface area contributed by atoms with Gasteiger partial charge in [0.25, 0.3) is 0 Å². The first kappa shape index (κ1) is 12.7. The third-order valence-corrected chi connectivity index (χ3v) is 3.32. The Bertz CT molecular complexity index is 262. The molecule has 0 amide bonds. The topological polar surface area (TPSA) is 24.9 Å². The molecule has 15 heavy (non-hydrogen) atoms. The standard InChI is InChI=1S/C12H22N2S/c1-5-14-10(6-7-12(2,3)4)11-8-13-9-15-11/h8-10,14H,5-7H2,1-4H3. The van der Waals surface area contributed by atoms with Crippen LogP contribution in [0.1, 0.15) is 51.5 Å². The van der Waals surface area contributed by atoms with Gasteiger partial charge in [-0.1, -0.05) is 27.7 Å². The highest BCUT2D eigenvalue weighted by Gasteiger charge is 2.16. The summed E-state index contributed by atoms with van der Waals surface area (Å²) in [6.45, 7) is 10.1. The van der Waals surface area contributed by atoms with Gasteiger partial charge in [0.15, 0.2) is 0 Å². The van der Waals surface area contributed by atoms with Crippen LogP contribution in [0.3, 0.4) is 0 Å². The Hall–Kier alpha value is -0.410. The van der Waals surface area contributed by atoms with Crippen LogP contribution in [0.15, 0.2) is 11.7 Å². The molecule has 0 radical (unpaired) electrons. The summed E-state index contributed by atoms with van der Waals surface area (Å²) in [4.78, 5) is 5.51. The smallest absolute Gasteiger partial charge is 0.0794 e. The van der Waals surface area contributed by atoms with Crippen molar-refractivity contribution < 1.29 is 0 Å². The normalized spacial score (nSPS) is 14.1. The second-order valence-electron chi connectivity index (χ2n) is 5.11. The van der Waals surface area contributed by atoms with Crippen LogP contribution in [0.4, 0.5) is 0 Å². The fourth-order valence-electron chi connectivity index (χ4n) is 1.57. The molecule has 1 aromatic rings. The van der Waals surface area contributed by atoms with E-state index in [1.165, 1.54) is 17.7 Å². The van der Waals surface area contributed by atoms with E-state index in [-0.39, 0.29) is 0 Å². The van der Waals surface area contributed by atoms with E-state index in [0.717, 1.165) is 6.54 Å². The first-order valence-electron chi connectivity index (χ1n) is 5.64. The van der Waals surface area contributed by atoms with E-state index in [1.54, 1.807) is 11.3 Å². The molecule has 0 saturated heterocycles. The van der Waals surface area contributed by atoms with Gasteiger partial charge in [-0.05, 0) is 24.8 Å². The average molecular weight is 226 g/mol. The Balaban J connectivity index is 2.52. The van der Waals surface area contributed by atoms with Gasteiger partial charge in [-0.25, -0.2) is 0 Å². The number of thiazole rings is 1. The minimum atomic E-state index is 0.415. The minimum Gasteiger partial charge on any atom is -0.309 e. The number of hydrogen-bond acceptors (Lipinski definition) is 3. The van der Waals surface area contributed by atoms with Crippen molar-refractivity contribution >= 4 is 11.3 Å². The summed E-state index contributed by atoms with van der Waals surface area (Å²) in [5.74, 6) is 0. The van der Waals surface area contributed by atoms with Gasteiger partial charge in [-0.3, -0.25) is 4.98 Å². The second kappa shape index (κ2) is 5.61. The van der Waals surface area contributed by atoms with Gasteiger partial charge in [-0.15, -0.1) is 11.3 Å². The summed E-state index contributed by atoms with van der Waals surface area (Å²) in [5.41, 5.74) is 2.33. The van der Waals surface area contributed by atoms with Crippen molar-refractivity contribution in [2.24, 2.45) is 5.41 Å². The van der Waals surface area contributed by atoms with Crippen molar-refractivity contribution in [1.29, 1.82) is 0 Å². The largest absolute Gasteiger partial charge is 0.309 e. The molecule has 0 aliphatic heterocycles. The van der Waals surface area contributed by atoms with Gasteiger partial charge in [0.2, 0.25) is 0 Å². The van der Waals surface area contributed by atoms with E-state index >= 15 is 0 Å². The molecule has 1 unspecified atom stereocenters. The summed E-state index contributed by atoms with van der Waals surface area (Å²) in [7, 11) is 0. The molecule has 86 valence electrons. The van der Waals surface area contributed by atoms with Crippen LogP contribution in [-0.2, 0) is 0 Å². The molecule has 0 aliphatic carbocycles. The molecule has 0 fully saturated rings. The number of hydrogen-bond donors (Lipinski definition) is 1. The third kappa shape index (κ3) is 4.76. The highest BCUT2D eigenvalue weighted by molar-refractivity contribution is 7.09.